The smallest absolute Gasteiger partial charge is 0.273 e. The van der Waals surface area contributed by atoms with E-state index >= 15 is 0 Å². The van der Waals surface area contributed by atoms with Crippen molar-refractivity contribution >= 4 is 22.7 Å². The number of amides is 2. The number of nitrogens with one attached hydrogen (secondary N) is 2. The van der Waals surface area contributed by atoms with Gasteiger partial charge in [-0.25, -0.2) is 4.39 Å². The lowest BCUT2D eigenvalue weighted by Crippen LogP contribution is -2.53. The minimum atomic E-state index is -0.818. The molecule has 1 aromatic carbocycles. The zero-order chi connectivity index (χ0) is 23.4. The molecule has 0 fully saturated rings. The summed E-state index contributed by atoms with van der Waals surface area (Å²) in [6, 6.07) is 3.75. The molecule has 1 atom stereocenters. The molecule has 2 aromatic rings. The molecule has 31 heavy (non-hydrogen) atoms. The number of nitrogens with zero attached hydrogens (tertiary/aromatic N) is 2. The van der Waals surface area contributed by atoms with E-state index in [1.807, 2.05) is 20.8 Å². The second kappa shape index (κ2) is 9.77. The number of aliphatic hydroxyl groups excluding tert-OH is 1. The Morgan fingerprint density at radius 2 is 1.87 bits per heavy atom. The van der Waals surface area contributed by atoms with Gasteiger partial charge in [0.25, 0.3) is 5.91 Å². The minimum absolute atomic E-state index is 0.0238. The summed E-state index contributed by atoms with van der Waals surface area (Å²) in [5.41, 5.74) is -0.150. The highest BCUT2D eigenvalue weighted by Crippen LogP contribution is 2.26. The molecule has 8 heteroatoms. The van der Waals surface area contributed by atoms with Crippen molar-refractivity contribution in [2.75, 3.05) is 13.2 Å². The van der Waals surface area contributed by atoms with Crippen LogP contribution < -0.4 is 10.6 Å². The molecule has 0 saturated heterocycles. The van der Waals surface area contributed by atoms with Crippen molar-refractivity contribution in [3.63, 3.8) is 0 Å². The third-order valence-corrected chi connectivity index (χ3v) is 5.05. The number of aliphatic hydroxyl groups is 1. The van der Waals surface area contributed by atoms with Gasteiger partial charge in [0.15, 0.2) is 5.69 Å². The number of hydrogen-bond donors (Lipinski definition) is 3. The molecular formula is C23H35FN4O3. The Hall–Kier alpha value is -2.48. The number of para-hydroxylation sites is 1. The quantitative estimate of drug-likeness (QED) is 0.556. The molecular weight excluding hydrogens is 399 g/mol. The molecule has 0 bridgehead atoms. The SMILES string of the molecule is CC(C)(C)CCn1nc(C(=O)NC(C(=O)NCCCO)C(C)(C)C)c2cccc(F)c21. The number of aromatic nitrogens is 2. The first kappa shape index (κ1) is 24.8. The van der Waals surface area contributed by atoms with Crippen LogP contribution in [-0.4, -0.2) is 45.9 Å². The van der Waals surface area contributed by atoms with Crippen LogP contribution in [0.25, 0.3) is 10.9 Å². The zero-order valence-electron chi connectivity index (χ0n) is 19.4. The van der Waals surface area contributed by atoms with Gasteiger partial charge in [-0.05, 0) is 29.7 Å². The number of aryl methyl sites for hydroxylation is 1. The maximum absolute atomic E-state index is 14.6. The first-order chi connectivity index (χ1) is 14.3. The molecule has 7 nitrogen and oxygen atoms in total. The summed E-state index contributed by atoms with van der Waals surface area (Å²) in [6.07, 6.45) is 1.19. The van der Waals surface area contributed by atoms with E-state index in [2.05, 4.69) is 36.5 Å². The molecule has 3 N–H and O–H groups in total. The monoisotopic (exact) mass is 434 g/mol. The van der Waals surface area contributed by atoms with Gasteiger partial charge in [0.1, 0.15) is 17.4 Å². The van der Waals surface area contributed by atoms with E-state index in [9.17, 15) is 14.0 Å². The fourth-order valence-electron chi connectivity index (χ4n) is 3.23. The van der Waals surface area contributed by atoms with E-state index in [-0.39, 0.29) is 29.1 Å². The number of rotatable bonds is 8. The fourth-order valence-corrected chi connectivity index (χ4v) is 3.23. The minimum Gasteiger partial charge on any atom is -0.396 e. The highest BCUT2D eigenvalue weighted by atomic mass is 19.1. The lowest BCUT2D eigenvalue weighted by Gasteiger charge is -2.30. The molecule has 0 saturated carbocycles. The Labute approximate surface area is 183 Å². The molecule has 2 amide bonds. The molecule has 0 aliphatic carbocycles. The molecule has 1 unspecified atom stereocenters. The van der Waals surface area contributed by atoms with Crippen LogP contribution in [0.5, 0.6) is 0 Å². The van der Waals surface area contributed by atoms with Gasteiger partial charge in [-0.15, -0.1) is 0 Å². The van der Waals surface area contributed by atoms with Gasteiger partial charge in [-0.1, -0.05) is 53.7 Å². The summed E-state index contributed by atoms with van der Waals surface area (Å²) in [5, 5.41) is 19.3. The van der Waals surface area contributed by atoms with Crippen molar-refractivity contribution in [1.29, 1.82) is 0 Å². The van der Waals surface area contributed by atoms with E-state index in [4.69, 9.17) is 5.11 Å². The Bertz CT molecular complexity index is 925. The van der Waals surface area contributed by atoms with Gasteiger partial charge in [-0.2, -0.15) is 5.10 Å². The predicted octanol–water partition coefficient (Wildman–Crippen LogP) is 3.25. The maximum atomic E-state index is 14.6. The first-order valence-electron chi connectivity index (χ1n) is 10.7. The van der Waals surface area contributed by atoms with Gasteiger partial charge in [0.05, 0.1) is 0 Å². The average Bonchev–Trinajstić information content (AvgIpc) is 3.03. The van der Waals surface area contributed by atoms with Gasteiger partial charge in [0, 0.05) is 25.1 Å². The predicted molar refractivity (Wildman–Crippen MR) is 119 cm³/mol. The number of benzene rings is 1. The molecule has 0 spiro atoms. The van der Waals surface area contributed by atoms with Gasteiger partial charge in [0.2, 0.25) is 5.91 Å². The van der Waals surface area contributed by atoms with E-state index in [1.165, 1.54) is 10.7 Å². The van der Waals surface area contributed by atoms with E-state index in [0.29, 0.717) is 24.9 Å². The van der Waals surface area contributed by atoms with Crippen LogP contribution in [0, 0.1) is 16.6 Å². The van der Waals surface area contributed by atoms with Crippen molar-refractivity contribution < 1.29 is 19.1 Å². The summed E-state index contributed by atoms with van der Waals surface area (Å²) in [5.74, 6) is -1.30. The van der Waals surface area contributed by atoms with Crippen molar-refractivity contribution in [3.05, 3.63) is 29.7 Å². The third-order valence-electron chi connectivity index (χ3n) is 5.05. The molecule has 1 heterocycles. The standard InChI is InChI=1S/C23H35FN4O3/c1-22(2,3)11-13-28-18-15(9-7-10-16(18)24)17(27-28)20(30)26-19(23(4,5)6)21(31)25-12-8-14-29/h7,9-10,19,29H,8,11-14H2,1-6H3,(H,25,31)(H,26,30). The highest BCUT2D eigenvalue weighted by molar-refractivity contribution is 6.06. The summed E-state index contributed by atoms with van der Waals surface area (Å²) in [6.45, 7) is 12.6. The number of hydrogen-bond acceptors (Lipinski definition) is 4. The van der Waals surface area contributed by atoms with Crippen molar-refractivity contribution in [3.8, 4) is 0 Å². The molecule has 2 rings (SSSR count). The van der Waals surface area contributed by atoms with Gasteiger partial charge >= 0.3 is 0 Å². The van der Waals surface area contributed by atoms with Crippen LogP contribution in [0.15, 0.2) is 18.2 Å². The number of carbonyl (C=O) groups excluding carboxylic acids is 2. The second-order valence-electron chi connectivity index (χ2n) is 10.2. The normalized spacial score (nSPS) is 13.3. The third kappa shape index (κ3) is 6.50. The molecule has 0 aliphatic rings. The second-order valence-corrected chi connectivity index (χ2v) is 10.2. The number of fused-ring (bicyclic) bond motifs is 1. The highest BCUT2D eigenvalue weighted by Gasteiger charge is 2.34. The van der Waals surface area contributed by atoms with E-state index in [0.717, 1.165) is 6.42 Å². The fraction of sp³-hybridized carbons (Fsp3) is 0.609. The Morgan fingerprint density at radius 1 is 1.19 bits per heavy atom. The first-order valence-corrected chi connectivity index (χ1v) is 10.7. The summed E-state index contributed by atoms with van der Waals surface area (Å²) >= 11 is 0. The molecule has 0 aliphatic heterocycles. The summed E-state index contributed by atoms with van der Waals surface area (Å²) < 4.78 is 16.2. The largest absolute Gasteiger partial charge is 0.396 e. The van der Waals surface area contributed by atoms with Crippen LogP contribution in [-0.2, 0) is 11.3 Å². The van der Waals surface area contributed by atoms with Crippen LogP contribution in [0.1, 0.15) is 64.9 Å². The van der Waals surface area contributed by atoms with E-state index < -0.39 is 23.2 Å². The molecule has 0 radical (unpaired) electrons. The van der Waals surface area contributed by atoms with Crippen LogP contribution in [0.3, 0.4) is 0 Å². The molecule has 172 valence electrons. The summed E-state index contributed by atoms with van der Waals surface area (Å²) in [7, 11) is 0. The topological polar surface area (TPSA) is 96.2 Å². The average molecular weight is 435 g/mol. The molecule has 1 aromatic heterocycles. The maximum Gasteiger partial charge on any atom is 0.273 e. The van der Waals surface area contributed by atoms with Crippen molar-refractivity contribution in [2.45, 2.75) is 67.0 Å². The van der Waals surface area contributed by atoms with Crippen LogP contribution in [0.4, 0.5) is 4.39 Å². The number of halogens is 1. The van der Waals surface area contributed by atoms with Crippen molar-refractivity contribution in [1.82, 2.24) is 20.4 Å². The Morgan fingerprint density at radius 3 is 2.45 bits per heavy atom. The Balaban J connectivity index is 2.35. The van der Waals surface area contributed by atoms with Gasteiger partial charge < -0.3 is 15.7 Å². The van der Waals surface area contributed by atoms with Gasteiger partial charge in [-0.3, -0.25) is 14.3 Å². The zero-order valence-corrected chi connectivity index (χ0v) is 19.4. The van der Waals surface area contributed by atoms with Crippen LogP contribution in [0.2, 0.25) is 0 Å². The lowest BCUT2D eigenvalue weighted by atomic mass is 9.86. The summed E-state index contributed by atoms with van der Waals surface area (Å²) in [4.78, 5) is 25.8. The number of carbonyl (C=O) groups is 2. The van der Waals surface area contributed by atoms with Crippen LogP contribution >= 0.6 is 0 Å². The Kier molecular flexibility index (Phi) is 7.81. The van der Waals surface area contributed by atoms with Crippen molar-refractivity contribution in [2.24, 2.45) is 10.8 Å². The van der Waals surface area contributed by atoms with E-state index in [1.54, 1.807) is 12.1 Å². The lowest BCUT2D eigenvalue weighted by molar-refractivity contribution is -0.125.